The summed E-state index contributed by atoms with van der Waals surface area (Å²) in [5.74, 6) is 0.369. The van der Waals surface area contributed by atoms with Crippen molar-refractivity contribution in [3.63, 3.8) is 0 Å². The Morgan fingerprint density at radius 1 is 1.06 bits per heavy atom. The molecule has 1 fully saturated rings. The first kappa shape index (κ1) is 23.6. The van der Waals surface area contributed by atoms with Crippen LogP contribution in [0.2, 0.25) is 5.02 Å². The molecule has 3 rings (SSSR count). The third-order valence-electron chi connectivity index (χ3n) is 5.35. The topological polar surface area (TPSA) is 69.7 Å². The number of carbonyl (C=O) groups excluding carboxylic acids is 1. The molecule has 0 saturated carbocycles. The molecule has 0 spiro atoms. The van der Waals surface area contributed by atoms with Crippen LogP contribution in [-0.4, -0.2) is 51.9 Å². The van der Waals surface area contributed by atoms with E-state index in [2.05, 4.69) is 9.62 Å². The van der Waals surface area contributed by atoms with Crippen molar-refractivity contribution in [1.82, 2.24) is 9.62 Å². The van der Waals surface area contributed by atoms with Gasteiger partial charge in [-0.3, -0.25) is 4.79 Å². The fraction of sp³-hybridized carbons (Fsp3) is 0.435. The molecule has 31 heavy (non-hydrogen) atoms. The Kier molecular flexibility index (Phi) is 7.97. The highest BCUT2D eigenvalue weighted by Crippen LogP contribution is 2.21. The molecule has 1 aliphatic heterocycles. The second kappa shape index (κ2) is 10.5. The van der Waals surface area contributed by atoms with Crippen LogP contribution in [0.4, 0.5) is 5.69 Å². The van der Waals surface area contributed by atoms with Gasteiger partial charge < -0.3 is 9.80 Å². The summed E-state index contributed by atoms with van der Waals surface area (Å²) in [5, 5.41) is 0.713. The first-order valence-electron chi connectivity index (χ1n) is 10.6. The van der Waals surface area contributed by atoms with Gasteiger partial charge in [0, 0.05) is 49.9 Å². The summed E-state index contributed by atoms with van der Waals surface area (Å²) >= 11 is 6.08. The molecular weight excluding hydrogens is 434 g/mol. The van der Waals surface area contributed by atoms with Gasteiger partial charge in [-0.25, -0.2) is 13.1 Å². The molecule has 0 atom stereocenters. The number of anilines is 1. The summed E-state index contributed by atoms with van der Waals surface area (Å²) in [5.41, 5.74) is 2.03. The first-order chi connectivity index (χ1) is 14.7. The molecule has 0 aromatic heterocycles. The fourth-order valence-corrected chi connectivity index (χ4v) is 4.89. The number of halogens is 1. The number of aryl methyl sites for hydroxylation is 1. The Morgan fingerprint density at radius 3 is 2.35 bits per heavy atom. The van der Waals surface area contributed by atoms with Crippen LogP contribution >= 0.6 is 11.6 Å². The Morgan fingerprint density at radius 2 is 1.74 bits per heavy atom. The number of nitrogens with one attached hydrogen (secondary N) is 1. The molecule has 1 aliphatic rings. The van der Waals surface area contributed by atoms with Crippen molar-refractivity contribution in [3.8, 4) is 0 Å². The molecule has 0 radical (unpaired) electrons. The zero-order chi connectivity index (χ0) is 22.4. The van der Waals surface area contributed by atoms with Crippen LogP contribution in [0.5, 0.6) is 0 Å². The average Bonchev–Trinajstić information content (AvgIpc) is 2.76. The third kappa shape index (κ3) is 6.69. The Hall–Kier alpha value is -2.09. The second-order valence-corrected chi connectivity index (χ2v) is 10.4. The summed E-state index contributed by atoms with van der Waals surface area (Å²) < 4.78 is 27.2. The van der Waals surface area contributed by atoms with Gasteiger partial charge in [-0.05, 0) is 48.2 Å². The summed E-state index contributed by atoms with van der Waals surface area (Å²) in [7, 11) is -3.49. The summed E-state index contributed by atoms with van der Waals surface area (Å²) in [6.45, 7) is 7.25. The van der Waals surface area contributed by atoms with Crippen LogP contribution in [0.15, 0.2) is 53.4 Å². The molecule has 1 N–H and O–H groups in total. The first-order valence-corrected chi connectivity index (χ1v) is 12.5. The number of amides is 1. The van der Waals surface area contributed by atoms with Crippen LogP contribution in [0.3, 0.4) is 0 Å². The van der Waals surface area contributed by atoms with Crippen molar-refractivity contribution in [2.24, 2.45) is 5.92 Å². The largest absolute Gasteiger partial charge is 0.368 e. The molecule has 1 amide bonds. The number of rotatable bonds is 8. The van der Waals surface area contributed by atoms with Crippen LogP contribution < -0.4 is 9.62 Å². The molecule has 6 nitrogen and oxygen atoms in total. The number of piperazine rings is 1. The maximum absolute atomic E-state index is 12.6. The number of carbonyl (C=O) groups is 1. The van der Waals surface area contributed by atoms with Gasteiger partial charge >= 0.3 is 0 Å². The van der Waals surface area contributed by atoms with Gasteiger partial charge in [0.1, 0.15) is 0 Å². The van der Waals surface area contributed by atoms with Crippen molar-refractivity contribution in [2.45, 2.75) is 31.6 Å². The van der Waals surface area contributed by atoms with Crippen molar-refractivity contribution >= 4 is 33.2 Å². The number of sulfonamides is 1. The van der Waals surface area contributed by atoms with Crippen LogP contribution in [-0.2, 0) is 21.2 Å². The van der Waals surface area contributed by atoms with E-state index in [1.165, 1.54) is 0 Å². The summed E-state index contributed by atoms with van der Waals surface area (Å²) in [6.07, 6.45) is 1.00. The Labute approximate surface area is 190 Å². The average molecular weight is 464 g/mol. The van der Waals surface area contributed by atoms with E-state index in [1.807, 2.05) is 43.0 Å². The maximum atomic E-state index is 12.6. The number of nitrogens with zero attached hydrogens (tertiary/aromatic N) is 2. The molecule has 2 aromatic carbocycles. The zero-order valence-electron chi connectivity index (χ0n) is 18.1. The minimum Gasteiger partial charge on any atom is -0.368 e. The molecule has 0 unspecified atom stereocenters. The van der Waals surface area contributed by atoms with Gasteiger partial charge in [-0.15, -0.1) is 0 Å². The molecule has 168 valence electrons. The highest BCUT2D eigenvalue weighted by Gasteiger charge is 2.21. The fourth-order valence-electron chi connectivity index (χ4n) is 3.49. The quantitative estimate of drug-likeness (QED) is 0.649. The molecular formula is C23H30ClN3O3S. The molecule has 8 heteroatoms. The predicted molar refractivity (Wildman–Crippen MR) is 125 cm³/mol. The van der Waals surface area contributed by atoms with Crippen molar-refractivity contribution in [2.75, 3.05) is 37.6 Å². The number of benzene rings is 2. The van der Waals surface area contributed by atoms with E-state index in [0.717, 1.165) is 24.3 Å². The lowest BCUT2D eigenvalue weighted by atomic mass is 10.1. The molecule has 2 aromatic rings. The van der Waals surface area contributed by atoms with Crippen LogP contribution in [0.25, 0.3) is 0 Å². The molecule has 0 bridgehead atoms. The number of hydrogen-bond donors (Lipinski definition) is 1. The van der Waals surface area contributed by atoms with Crippen molar-refractivity contribution in [1.29, 1.82) is 0 Å². The van der Waals surface area contributed by atoms with E-state index in [4.69, 9.17) is 11.6 Å². The highest BCUT2D eigenvalue weighted by atomic mass is 35.5. The SMILES string of the molecule is CC(C)CNS(=O)(=O)c1ccc(CCC(=O)N2CCN(c3cccc(Cl)c3)CC2)cc1. The monoisotopic (exact) mass is 463 g/mol. The smallest absolute Gasteiger partial charge is 0.240 e. The predicted octanol–water partition coefficient (Wildman–Crippen LogP) is 3.56. The minimum atomic E-state index is -3.49. The Balaban J connectivity index is 1.48. The molecule has 0 aliphatic carbocycles. The van der Waals surface area contributed by atoms with E-state index in [9.17, 15) is 13.2 Å². The van der Waals surface area contributed by atoms with E-state index < -0.39 is 10.0 Å². The Bertz CT molecular complexity index is 985. The third-order valence-corrected chi connectivity index (χ3v) is 7.02. The minimum absolute atomic E-state index is 0.126. The summed E-state index contributed by atoms with van der Waals surface area (Å²) in [6, 6.07) is 14.6. The van der Waals surface area contributed by atoms with E-state index in [0.29, 0.717) is 37.5 Å². The maximum Gasteiger partial charge on any atom is 0.240 e. The summed E-state index contributed by atoms with van der Waals surface area (Å²) in [4.78, 5) is 17.0. The van der Waals surface area contributed by atoms with Gasteiger partial charge in [0.2, 0.25) is 15.9 Å². The lowest BCUT2D eigenvalue weighted by molar-refractivity contribution is -0.131. The van der Waals surface area contributed by atoms with Crippen LogP contribution in [0.1, 0.15) is 25.8 Å². The van der Waals surface area contributed by atoms with E-state index in [-0.39, 0.29) is 16.7 Å². The van der Waals surface area contributed by atoms with Gasteiger partial charge in [0.05, 0.1) is 4.90 Å². The van der Waals surface area contributed by atoms with Gasteiger partial charge in [-0.2, -0.15) is 0 Å². The zero-order valence-corrected chi connectivity index (χ0v) is 19.6. The second-order valence-electron chi connectivity index (χ2n) is 8.24. The number of hydrogen-bond acceptors (Lipinski definition) is 4. The van der Waals surface area contributed by atoms with Crippen molar-refractivity contribution in [3.05, 3.63) is 59.1 Å². The van der Waals surface area contributed by atoms with Crippen molar-refractivity contribution < 1.29 is 13.2 Å². The molecule has 1 saturated heterocycles. The van der Waals surface area contributed by atoms with Crippen LogP contribution in [0, 0.1) is 5.92 Å². The highest BCUT2D eigenvalue weighted by molar-refractivity contribution is 7.89. The normalized spacial score (nSPS) is 14.8. The standard InChI is InChI=1S/C23H30ClN3O3S/c1-18(2)17-25-31(29,30)22-9-6-19(7-10-22)8-11-23(28)27-14-12-26(13-15-27)21-5-3-4-20(24)16-21/h3-7,9-10,16,18,25H,8,11-15,17H2,1-2H3. The lowest BCUT2D eigenvalue weighted by Gasteiger charge is -2.36. The lowest BCUT2D eigenvalue weighted by Crippen LogP contribution is -2.48. The van der Waals surface area contributed by atoms with E-state index >= 15 is 0 Å². The van der Waals surface area contributed by atoms with Gasteiger partial charge in [0.15, 0.2) is 0 Å². The van der Waals surface area contributed by atoms with E-state index in [1.54, 1.807) is 24.3 Å². The van der Waals surface area contributed by atoms with Gasteiger partial charge in [-0.1, -0.05) is 43.6 Å². The van der Waals surface area contributed by atoms with Gasteiger partial charge in [0.25, 0.3) is 0 Å². The molecule has 1 heterocycles.